The maximum atomic E-state index is 13.3. The van der Waals surface area contributed by atoms with Crippen LogP contribution in [0.25, 0.3) is 0 Å². The smallest absolute Gasteiger partial charge is 0.143 e. The summed E-state index contributed by atoms with van der Waals surface area (Å²) in [6, 6.07) is 8.90. The number of anilines is 1. The van der Waals surface area contributed by atoms with E-state index in [9.17, 15) is 4.39 Å². The number of halogens is 3. The molecule has 5 heteroatoms. The van der Waals surface area contributed by atoms with Crippen LogP contribution >= 0.6 is 38.9 Å². The Kier molecular flexibility index (Phi) is 4.07. The predicted molar refractivity (Wildman–Crippen MR) is 75.5 cm³/mol. The van der Waals surface area contributed by atoms with Crippen LogP contribution in [-0.4, -0.2) is 0 Å². The van der Waals surface area contributed by atoms with Gasteiger partial charge in [0.2, 0.25) is 0 Å². The van der Waals surface area contributed by atoms with Crippen LogP contribution in [0.15, 0.2) is 34.1 Å². The van der Waals surface area contributed by atoms with Crippen LogP contribution in [0, 0.1) is 5.82 Å². The molecule has 1 N–H and O–H groups in total. The molecule has 90 valence electrons. The number of hydrogen-bond donors (Lipinski definition) is 1. The lowest BCUT2D eigenvalue weighted by Gasteiger charge is -2.13. The van der Waals surface area contributed by atoms with E-state index in [0.29, 0.717) is 0 Å². The summed E-state index contributed by atoms with van der Waals surface area (Å²) in [6.07, 6.45) is 0. The summed E-state index contributed by atoms with van der Waals surface area (Å²) in [5, 5.41) is 3.37. The molecule has 0 aliphatic rings. The average Bonchev–Trinajstić information content (AvgIpc) is 2.70. The topological polar surface area (TPSA) is 12.0 Å². The second-order valence-electron chi connectivity index (χ2n) is 3.64. The molecule has 1 aromatic heterocycles. The molecule has 0 saturated carbocycles. The van der Waals surface area contributed by atoms with Gasteiger partial charge >= 0.3 is 0 Å². The van der Waals surface area contributed by atoms with Gasteiger partial charge in [-0.3, -0.25) is 0 Å². The fourth-order valence-corrected chi connectivity index (χ4v) is 3.01. The molecule has 0 radical (unpaired) electrons. The van der Waals surface area contributed by atoms with Crippen molar-refractivity contribution in [2.24, 2.45) is 0 Å². The van der Waals surface area contributed by atoms with Crippen molar-refractivity contribution in [3.63, 3.8) is 0 Å². The Bertz CT molecular complexity index is 529. The van der Waals surface area contributed by atoms with Gasteiger partial charge in [0.15, 0.2) is 0 Å². The first kappa shape index (κ1) is 12.9. The Morgan fingerprint density at radius 3 is 2.71 bits per heavy atom. The lowest BCUT2D eigenvalue weighted by molar-refractivity contribution is 0.628. The Balaban J connectivity index is 2.12. The van der Waals surface area contributed by atoms with Gasteiger partial charge in [0.25, 0.3) is 0 Å². The van der Waals surface area contributed by atoms with Gasteiger partial charge in [0.1, 0.15) is 5.82 Å². The summed E-state index contributed by atoms with van der Waals surface area (Å²) in [5.41, 5.74) is 0.726. The third kappa shape index (κ3) is 3.21. The molecule has 2 aromatic rings. The summed E-state index contributed by atoms with van der Waals surface area (Å²) < 4.78 is 14.3. The minimum atomic E-state index is -0.406. The fraction of sp³-hybridized carbons (Fsp3) is 0.167. The van der Waals surface area contributed by atoms with Gasteiger partial charge in [-0.05, 0) is 53.2 Å². The highest BCUT2D eigenvalue weighted by atomic mass is 79.9. The standard InChI is InChI=1S/C12H10BrClFNS/c1-7(11-4-5-12(13)17-11)16-8-2-3-9(14)10(15)6-8/h2-7,16H,1H3. The monoisotopic (exact) mass is 333 g/mol. The van der Waals surface area contributed by atoms with Crippen molar-refractivity contribution in [1.82, 2.24) is 0 Å². The number of hydrogen-bond acceptors (Lipinski definition) is 2. The summed E-state index contributed by atoms with van der Waals surface area (Å²) in [6.45, 7) is 2.03. The van der Waals surface area contributed by atoms with Gasteiger partial charge < -0.3 is 5.32 Å². The van der Waals surface area contributed by atoms with Crippen molar-refractivity contribution in [2.75, 3.05) is 5.32 Å². The average molecular weight is 335 g/mol. The molecule has 1 heterocycles. The van der Waals surface area contributed by atoms with Gasteiger partial charge in [-0.25, -0.2) is 4.39 Å². The van der Waals surface area contributed by atoms with Crippen LogP contribution < -0.4 is 5.32 Å². The van der Waals surface area contributed by atoms with Crippen LogP contribution in [-0.2, 0) is 0 Å². The molecule has 0 spiro atoms. The maximum absolute atomic E-state index is 13.3. The third-order valence-corrected chi connectivity index (χ3v) is 4.44. The van der Waals surface area contributed by atoms with Crippen molar-refractivity contribution in [3.05, 3.63) is 49.8 Å². The van der Waals surface area contributed by atoms with Crippen molar-refractivity contribution in [2.45, 2.75) is 13.0 Å². The summed E-state index contributed by atoms with van der Waals surface area (Å²) in [7, 11) is 0. The van der Waals surface area contributed by atoms with Gasteiger partial charge in [-0.2, -0.15) is 0 Å². The number of benzene rings is 1. The van der Waals surface area contributed by atoms with E-state index in [1.54, 1.807) is 23.5 Å². The molecule has 0 aliphatic carbocycles. The van der Waals surface area contributed by atoms with E-state index in [4.69, 9.17) is 11.6 Å². The zero-order chi connectivity index (χ0) is 12.4. The van der Waals surface area contributed by atoms with Crippen LogP contribution in [0.5, 0.6) is 0 Å². The third-order valence-electron chi connectivity index (χ3n) is 2.32. The first-order valence-corrected chi connectivity index (χ1v) is 7.02. The molecule has 0 aliphatic heterocycles. The van der Waals surface area contributed by atoms with Gasteiger partial charge in [-0.1, -0.05) is 11.6 Å². The van der Waals surface area contributed by atoms with Gasteiger partial charge in [0, 0.05) is 10.6 Å². The van der Waals surface area contributed by atoms with E-state index in [-0.39, 0.29) is 11.1 Å². The largest absolute Gasteiger partial charge is 0.378 e. The van der Waals surface area contributed by atoms with E-state index in [2.05, 4.69) is 21.2 Å². The quantitative estimate of drug-likeness (QED) is 0.784. The second kappa shape index (κ2) is 5.38. The minimum absolute atomic E-state index is 0.131. The zero-order valence-corrected chi connectivity index (χ0v) is 12.2. The lowest BCUT2D eigenvalue weighted by atomic mass is 10.2. The lowest BCUT2D eigenvalue weighted by Crippen LogP contribution is -2.04. The first-order chi connectivity index (χ1) is 8.06. The molecule has 0 saturated heterocycles. The normalized spacial score (nSPS) is 12.5. The van der Waals surface area contributed by atoms with Crippen LogP contribution in [0.4, 0.5) is 10.1 Å². The highest BCUT2D eigenvalue weighted by Crippen LogP contribution is 2.29. The molecule has 1 unspecified atom stereocenters. The van der Waals surface area contributed by atoms with E-state index in [1.807, 2.05) is 19.1 Å². The molecule has 1 nitrogen and oxygen atoms in total. The van der Waals surface area contributed by atoms with Crippen LogP contribution in [0.2, 0.25) is 5.02 Å². The van der Waals surface area contributed by atoms with E-state index >= 15 is 0 Å². The number of nitrogens with one attached hydrogen (secondary N) is 1. The van der Waals surface area contributed by atoms with Gasteiger partial charge in [0.05, 0.1) is 14.9 Å². The van der Waals surface area contributed by atoms with Crippen molar-refractivity contribution in [1.29, 1.82) is 0 Å². The van der Waals surface area contributed by atoms with Gasteiger partial charge in [-0.15, -0.1) is 11.3 Å². The molecular formula is C12H10BrClFNS. The molecule has 1 aromatic carbocycles. The van der Waals surface area contributed by atoms with Crippen molar-refractivity contribution < 1.29 is 4.39 Å². The molecule has 0 bridgehead atoms. The molecule has 1 atom stereocenters. The van der Waals surface area contributed by atoms with Crippen molar-refractivity contribution >= 4 is 44.6 Å². The maximum Gasteiger partial charge on any atom is 0.143 e. The first-order valence-electron chi connectivity index (χ1n) is 5.03. The number of rotatable bonds is 3. The Morgan fingerprint density at radius 1 is 1.35 bits per heavy atom. The summed E-state index contributed by atoms with van der Waals surface area (Å²) in [4.78, 5) is 1.19. The van der Waals surface area contributed by atoms with E-state index in [1.165, 1.54) is 10.9 Å². The molecule has 0 fully saturated rings. The van der Waals surface area contributed by atoms with E-state index in [0.717, 1.165) is 9.47 Å². The Labute approximate surface area is 117 Å². The molecular weight excluding hydrogens is 325 g/mol. The van der Waals surface area contributed by atoms with Crippen LogP contribution in [0.3, 0.4) is 0 Å². The Hall–Kier alpha value is -0.580. The number of thiophene rings is 1. The van der Waals surface area contributed by atoms with Crippen LogP contribution in [0.1, 0.15) is 17.8 Å². The van der Waals surface area contributed by atoms with Crippen molar-refractivity contribution in [3.8, 4) is 0 Å². The molecule has 17 heavy (non-hydrogen) atoms. The molecule has 0 amide bonds. The zero-order valence-electron chi connectivity index (χ0n) is 9.01. The summed E-state index contributed by atoms with van der Waals surface area (Å²) in [5.74, 6) is -0.406. The summed E-state index contributed by atoms with van der Waals surface area (Å²) >= 11 is 10.7. The SMILES string of the molecule is CC(Nc1ccc(Cl)c(F)c1)c1ccc(Br)s1. The highest BCUT2D eigenvalue weighted by molar-refractivity contribution is 9.11. The Morgan fingerprint density at radius 2 is 2.12 bits per heavy atom. The highest BCUT2D eigenvalue weighted by Gasteiger charge is 2.09. The second-order valence-corrected chi connectivity index (χ2v) is 6.54. The predicted octanol–water partition coefficient (Wildman–Crippen LogP) is 5.48. The fourth-order valence-electron chi connectivity index (χ4n) is 1.47. The molecule has 2 rings (SSSR count). The minimum Gasteiger partial charge on any atom is -0.378 e. The van der Waals surface area contributed by atoms with E-state index < -0.39 is 5.82 Å².